The molecule has 1 unspecified atom stereocenters. The van der Waals surface area contributed by atoms with Crippen LogP contribution in [-0.2, 0) is 23.9 Å². The third-order valence-corrected chi connectivity index (χ3v) is 5.93. The highest BCUT2D eigenvalue weighted by molar-refractivity contribution is 6.06. The summed E-state index contributed by atoms with van der Waals surface area (Å²) in [7, 11) is 2.38. The zero-order valence-electron chi connectivity index (χ0n) is 19.3. The highest BCUT2D eigenvalue weighted by atomic mass is 16.5. The summed E-state index contributed by atoms with van der Waals surface area (Å²) in [5.41, 5.74) is 7.73. The molecule has 2 aliphatic rings. The smallest absolute Gasteiger partial charge is 0.355 e. The molecule has 1 fully saturated rings. The Balaban J connectivity index is 1.93. The Labute approximate surface area is 202 Å². The molecule has 0 radical (unpaired) electrons. The summed E-state index contributed by atoms with van der Waals surface area (Å²) in [5, 5.41) is 12.9. The van der Waals surface area contributed by atoms with Gasteiger partial charge in [0.15, 0.2) is 0 Å². The first-order valence-corrected chi connectivity index (χ1v) is 11.0. The molecule has 4 rings (SSSR count). The van der Waals surface area contributed by atoms with E-state index < -0.39 is 17.9 Å². The SMILES string of the molecule is COC(=O)C1=C(C(=O)OC)N(c2cccc(NC(=O)C3CC3)c2)C(N)=C(C#N)C1c1ccccc1. The number of benzene rings is 2. The second kappa shape index (κ2) is 9.73. The normalized spacial score (nSPS) is 17.5. The molecule has 1 aliphatic heterocycles. The summed E-state index contributed by atoms with van der Waals surface area (Å²) in [6.07, 6.45) is 1.69. The molecular weight excluding hydrogens is 448 g/mol. The number of hydrogen-bond donors (Lipinski definition) is 2. The van der Waals surface area contributed by atoms with Crippen LogP contribution in [0.25, 0.3) is 0 Å². The van der Waals surface area contributed by atoms with Crippen molar-refractivity contribution in [3.63, 3.8) is 0 Å². The summed E-state index contributed by atoms with van der Waals surface area (Å²) in [5.74, 6) is -2.73. The van der Waals surface area contributed by atoms with E-state index in [0.29, 0.717) is 16.9 Å². The minimum Gasteiger partial charge on any atom is -0.466 e. The van der Waals surface area contributed by atoms with Crippen LogP contribution in [0.3, 0.4) is 0 Å². The molecular formula is C26H24N4O5. The second-order valence-corrected chi connectivity index (χ2v) is 8.15. The van der Waals surface area contributed by atoms with Crippen molar-refractivity contribution in [1.29, 1.82) is 5.26 Å². The molecule has 178 valence electrons. The van der Waals surface area contributed by atoms with Gasteiger partial charge in [-0.05, 0) is 36.6 Å². The lowest BCUT2D eigenvalue weighted by atomic mass is 9.81. The number of nitrogens with two attached hydrogens (primary N) is 1. The van der Waals surface area contributed by atoms with Crippen LogP contribution in [0.5, 0.6) is 0 Å². The van der Waals surface area contributed by atoms with Gasteiger partial charge >= 0.3 is 11.9 Å². The fourth-order valence-electron chi connectivity index (χ4n) is 4.09. The molecule has 3 N–H and O–H groups in total. The standard InChI is InChI=1S/C26H24N4O5/c1-34-25(32)21-20(15-7-4-3-5-8-15)19(14-27)23(28)30(22(21)26(33)35-2)18-10-6-9-17(13-18)29-24(31)16-11-12-16/h3-10,13,16,20H,11-12,28H2,1-2H3,(H,29,31). The van der Waals surface area contributed by atoms with Crippen molar-refractivity contribution < 1.29 is 23.9 Å². The number of esters is 2. The molecule has 0 saturated heterocycles. The predicted molar refractivity (Wildman–Crippen MR) is 127 cm³/mol. The number of allylic oxidation sites excluding steroid dienone is 1. The summed E-state index contributed by atoms with van der Waals surface area (Å²) in [4.78, 5) is 39.7. The molecule has 9 nitrogen and oxygen atoms in total. The van der Waals surface area contributed by atoms with Crippen LogP contribution < -0.4 is 16.0 Å². The molecule has 2 aromatic rings. The maximum Gasteiger partial charge on any atom is 0.355 e. The summed E-state index contributed by atoms with van der Waals surface area (Å²) in [6.45, 7) is 0. The average molecular weight is 473 g/mol. The number of nitriles is 1. The lowest BCUT2D eigenvalue weighted by molar-refractivity contribution is -0.139. The maximum atomic E-state index is 13.1. The Bertz CT molecular complexity index is 1290. The highest BCUT2D eigenvalue weighted by Gasteiger charge is 2.43. The van der Waals surface area contributed by atoms with Gasteiger partial charge in [0.25, 0.3) is 0 Å². The Hall–Kier alpha value is -4.58. The number of nitrogens with one attached hydrogen (secondary N) is 1. The number of ether oxygens (including phenoxy) is 2. The average Bonchev–Trinajstić information content (AvgIpc) is 3.73. The number of methoxy groups -OCH3 is 2. The van der Waals surface area contributed by atoms with Crippen LogP contribution in [-0.4, -0.2) is 32.1 Å². The summed E-state index contributed by atoms with van der Waals surface area (Å²) in [6, 6.07) is 17.5. The molecule has 1 atom stereocenters. The molecule has 9 heteroatoms. The molecule has 35 heavy (non-hydrogen) atoms. The van der Waals surface area contributed by atoms with Crippen LogP contribution in [0.1, 0.15) is 24.3 Å². The van der Waals surface area contributed by atoms with Crippen molar-refractivity contribution in [3.8, 4) is 6.07 Å². The van der Waals surface area contributed by atoms with Gasteiger partial charge in [-0.3, -0.25) is 9.69 Å². The molecule has 1 amide bonds. The number of nitrogens with zero attached hydrogens (tertiary/aromatic N) is 2. The lowest BCUT2D eigenvalue weighted by Crippen LogP contribution is -2.40. The summed E-state index contributed by atoms with van der Waals surface area (Å²) < 4.78 is 10.1. The Morgan fingerprint density at radius 2 is 1.71 bits per heavy atom. The molecule has 1 heterocycles. The highest BCUT2D eigenvalue weighted by Crippen LogP contribution is 2.43. The van der Waals surface area contributed by atoms with Crippen molar-refractivity contribution in [2.24, 2.45) is 11.7 Å². The first-order chi connectivity index (χ1) is 16.9. The quantitative estimate of drug-likeness (QED) is 0.613. The van der Waals surface area contributed by atoms with Crippen molar-refractivity contribution in [2.45, 2.75) is 18.8 Å². The van der Waals surface area contributed by atoms with Crippen molar-refractivity contribution in [3.05, 3.63) is 82.8 Å². The molecule has 0 spiro atoms. The maximum absolute atomic E-state index is 13.1. The van der Waals surface area contributed by atoms with Crippen LogP contribution in [0.15, 0.2) is 77.3 Å². The second-order valence-electron chi connectivity index (χ2n) is 8.15. The van der Waals surface area contributed by atoms with Crippen LogP contribution >= 0.6 is 0 Å². The van der Waals surface area contributed by atoms with Gasteiger partial charge in [-0.2, -0.15) is 5.26 Å². The van der Waals surface area contributed by atoms with Gasteiger partial charge in [-0.25, -0.2) is 9.59 Å². The fraction of sp³-hybridized carbons (Fsp3) is 0.231. The largest absolute Gasteiger partial charge is 0.466 e. The van der Waals surface area contributed by atoms with Gasteiger partial charge < -0.3 is 20.5 Å². The van der Waals surface area contributed by atoms with Crippen molar-refractivity contribution in [2.75, 3.05) is 24.4 Å². The molecule has 1 saturated carbocycles. The Morgan fingerprint density at radius 3 is 2.31 bits per heavy atom. The zero-order chi connectivity index (χ0) is 25.1. The van der Waals surface area contributed by atoms with E-state index in [9.17, 15) is 19.6 Å². The van der Waals surface area contributed by atoms with E-state index in [4.69, 9.17) is 15.2 Å². The number of amides is 1. The van der Waals surface area contributed by atoms with E-state index >= 15 is 0 Å². The molecule has 0 bridgehead atoms. The monoisotopic (exact) mass is 472 g/mol. The van der Waals surface area contributed by atoms with Gasteiger partial charge in [0.2, 0.25) is 5.91 Å². The first kappa shape index (κ1) is 23.6. The predicted octanol–water partition coefficient (Wildman–Crippen LogP) is 2.93. The van der Waals surface area contributed by atoms with Gasteiger partial charge in [0.1, 0.15) is 11.5 Å². The first-order valence-electron chi connectivity index (χ1n) is 11.0. The van der Waals surface area contributed by atoms with Crippen molar-refractivity contribution >= 4 is 29.2 Å². The topological polar surface area (TPSA) is 135 Å². The van der Waals surface area contributed by atoms with Gasteiger partial charge in [0.05, 0.1) is 37.4 Å². The molecule has 2 aromatic carbocycles. The Morgan fingerprint density at radius 1 is 1.03 bits per heavy atom. The number of anilines is 2. The number of carbonyl (C=O) groups is 3. The summed E-state index contributed by atoms with van der Waals surface area (Å²) >= 11 is 0. The van der Waals surface area contributed by atoms with Crippen LogP contribution in [0.2, 0.25) is 0 Å². The fourth-order valence-corrected chi connectivity index (χ4v) is 4.09. The van der Waals surface area contributed by atoms with E-state index in [2.05, 4.69) is 11.4 Å². The van der Waals surface area contributed by atoms with Gasteiger partial charge in [-0.15, -0.1) is 0 Å². The van der Waals surface area contributed by atoms with E-state index in [1.165, 1.54) is 19.1 Å². The zero-order valence-corrected chi connectivity index (χ0v) is 19.3. The number of hydrogen-bond acceptors (Lipinski definition) is 8. The minimum atomic E-state index is -0.947. The van der Waals surface area contributed by atoms with Gasteiger partial charge in [-0.1, -0.05) is 36.4 Å². The van der Waals surface area contributed by atoms with E-state index in [0.717, 1.165) is 12.8 Å². The Kier molecular flexibility index (Phi) is 6.55. The van der Waals surface area contributed by atoms with E-state index in [-0.39, 0.29) is 34.5 Å². The molecule has 1 aliphatic carbocycles. The van der Waals surface area contributed by atoms with E-state index in [1.807, 2.05) is 0 Å². The van der Waals surface area contributed by atoms with Gasteiger partial charge in [0, 0.05) is 17.3 Å². The third kappa shape index (κ3) is 4.46. The number of carbonyl (C=O) groups excluding carboxylic acids is 3. The lowest BCUT2D eigenvalue weighted by Gasteiger charge is -2.36. The van der Waals surface area contributed by atoms with Crippen molar-refractivity contribution in [1.82, 2.24) is 0 Å². The van der Waals surface area contributed by atoms with Crippen LogP contribution in [0, 0.1) is 17.2 Å². The minimum absolute atomic E-state index is 0.00752. The van der Waals surface area contributed by atoms with Crippen LogP contribution in [0.4, 0.5) is 11.4 Å². The molecule has 0 aromatic heterocycles. The third-order valence-electron chi connectivity index (χ3n) is 5.93. The van der Waals surface area contributed by atoms with E-state index in [1.54, 1.807) is 54.6 Å². The number of rotatable bonds is 6.